The Balaban J connectivity index is 0.000001000. The second-order valence-corrected chi connectivity index (χ2v) is 2.86. The summed E-state index contributed by atoms with van der Waals surface area (Å²) in [7, 11) is 1.70. The molecule has 0 aromatic carbocycles. The molecule has 0 amide bonds. The van der Waals surface area contributed by atoms with Crippen molar-refractivity contribution in [3.8, 4) is 0 Å². The van der Waals surface area contributed by atoms with E-state index in [2.05, 4.69) is 5.10 Å². The Kier molecular flexibility index (Phi) is 4.04. The zero-order chi connectivity index (χ0) is 7.72. The average Bonchev–Trinajstić information content (AvgIpc) is 2.14. The van der Waals surface area contributed by atoms with Crippen LogP contribution in [0.15, 0.2) is 11.1 Å². The molecule has 1 atom stereocenters. The molecule has 11 heavy (non-hydrogen) atoms. The van der Waals surface area contributed by atoms with Gasteiger partial charge in [-0.05, 0) is 18.0 Å². The number of nitrogens with zero attached hydrogens (tertiary/aromatic N) is 2. The van der Waals surface area contributed by atoms with Gasteiger partial charge in [-0.25, -0.2) is 0 Å². The van der Waals surface area contributed by atoms with E-state index in [9.17, 15) is 8.76 Å². The van der Waals surface area contributed by atoms with E-state index in [4.69, 9.17) is 0 Å². The van der Waals surface area contributed by atoms with Crippen LogP contribution in [0.2, 0.25) is 0 Å². The number of aryl methyl sites for hydroxylation is 1. The van der Waals surface area contributed by atoms with Gasteiger partial charge < -0.3 is 4.55 Å². The summed E-state index contributed by atoms with van der Waals surface area (Å²) in [5, 5.41) is 3.76. The number of hydrogen-bond donors (Lipinski definition) is 0. The van der Waals surface area contributed by atoms with Crippen molar-refractivity contribution in [1.29, 1.82) is 0 Å². The van der Waals surface area contributed by atoms with Gasteiger partial charge >= 0.3 is 18.9 Å². The van der Waals surface area contributed by atoms with Gasteiger partial charge in [0.1, 0.15) is 0 Å². The topological polar surface area (TPSA) is 57.9 Å². The Labute approximate surface area is 79.4 Å². The SMILES string of the molecule is Cc1c(S(=O)[O-])cnn1C.[Li+]. The van der Waals surface area contributed by atoms with Gasteiger partial charge in [0.05, 0.1) is 11.1 Å². The van der Waals surface area contributed by atoms with E-state index >= 15 is 0 Å². The van der Waals surface area contributed by atoms with Crippen LogP contribution >= 0.6 is 0 Å². The number of hydrogen-bond acceptors (Lipinski definition) is 3. The van der Waals surface area contributed by atoms with Crippen LogP contribution in [0, 0.1) is 6.92 Å². The van der Waals surface area contributed by atoms with E-state index in [0.717, 1.165) is 0 Å². The van der Waals surface area contributed by atoms with E-state index < -0.39 is 11.1 Å². The van der Waals surface area contributed by atoms with Crippen molar-refractivity contribution < 1.29 is 27.6 Å². The normalized spacial score (nSPS) is 12.3. The summed E-state index contributed by atoms with van der Waals surface area (Å²) in [6, 6.07) is 0. The fourth-order valence-electron chi connectivity index (χ4n) is 0.642. The predicted octanol–water partition coefficient (Wildman–Crippen LogP) is -3.03. The van der Waals surface area contributed by atoms with Crippen molar-refractivity contribution in [2.75, 3.05) is 0 Å². The molecule has 56 valence electrons. The van der Waals surface area contributed by atoms with E-state index in [0.29, 0.717) is 5.69 Å². The molecule has 0 spiro atoms. The molecule has 0 aliphatic rings. The summed E-state index contributed by atoms with van der Waals surface area (Å²) in [6.07, 6.45) is 1.33. The molecule has 0 aliphatic heterocycles. The molecule has 1 rings (SSSR count). The minimum absolute atomic E-state index is 0. The van der Waals surface area contributed by atoms with Gasteiger partial charge in [0, 0.05) is 12.7 Å². The van der Waals surface area contributed by atoms with Crippen molar-refractivity contribution >= 4 is 11.1 Å². The molecule has 1 heterocycles. The predicted molar refractivity (Wildman–Crippen MR) is 35.1 cm³/mol. The van der Waals surface area contributed by atoms with Gasteiger partial charge in [-0.1, -0.05) is 0 Å². The monoisotopic (exact) mass is 166 g/mol. The first-order valence-corrected chi connectivity index (χ1v) is 3.78. The Morgan fingerprint density at radius 1 is 1.73 bits per heavy atom. The molecule has 0 aliphatic carbocycles. The smallest absolute Gasteiger partial charge is 0.768 e. The standard InChI is InChI=1S/C5H8N2O2S.Li/c1-4-5(10(8)9)3-6-7(4)2;/h3H,1-2H3,(H,8,9);/q;+1/p-1. The summed E-state index contributed by atoms with van der Waals surface area (Å²) in [6.45, 7) is 1.71. The van der Waals surface area contributed by atoms with Crippen molar-refractivity contribution in [1.82, 2.24) is 9.78 Å². The van der Waals surface area contributed by atoms with Crippen LogP contribution in [0.3, 0.4) is 0 Å². The molecule has 0 fully saturated rings. The van der Waals surface area contributed by atoms with Crippen LogP contribution in [0.25, 0.3) is 0 Å². The fraction of sp³-hybridized carbons (Fsp3) is 0.400. The van der Waals surface area contributed by atoms with Crippen LogP contribution in [0.1, 0.15) is 5.69 Å². The van der Waals surface area contributed by atoms with Gasteiger partial charge in [0.2, 0.25) is 0 Å². The minimum atomic E-state index is -2.15. The Bertz CT molecular complexity index is 273. The van der Waals surface area contributed by atoms with Crippen LogP contribution in [-0.2, 0) is 18.1 Å². The van der Waals surface area contributed by atoms with Gasteiger partial charge in [0.15, 0.2) is 0 Å². The largest absolute Gasteiger partial charge is 1.00 e. The first-order chi connectivity index (χ1) is 4.63. The van der Waals surface area contributed by atoms with Crippen molar-refractivity contribution in [3.05, 3.63) is 11.9 Å². The maximum absolute atomic E-state index is 10.4. The molecule has 1 unspecified atom stereocenters. The molecule has 1 aromatic heterocycles. The third-order valence-electron chi connectivity index (χ3n) is 1.37. The first-order valence-electron chi connectivity index (χ1n) is 2.71. The van der Waals surface area contributed by atoms with E-state index in [-0.39, 0.29) is 23.8 Å². The summed E-state index contributed by atoms with van der Waals surface area (Å²) in [5.41, 5.74) is 0.660. The Morgan fingerprint density at radius 2 is 2.27 bits per heavy atom. The van der Waals surface area contributed by atoms with Crippen LogP contribution in [0.4, 0.5) is 0 Å². The molecule has 0 bridgehead atoms. The second kappa shape index (κ2) is 4.07. The van der Waals surface area contributed by atoms with E-state index in [1.54, 1.807) is 14.0 Å². The first kappa shape index (κ1) is 10.9. The molecule has 0 saturated heterocycles. The summed E-state index contributed by atoms with van der Waals surface area (Å²) in [4.78, 5) is 0.266. The van der Waals surface area contributed by atoms with Gasteiger partial charge in [-0.2, -0.15) is 5.10 Å². The summed E-state index contributed by atoms with van der Waals surface area (Å²) >= 11 is -2.15. The molecular weight excluding hydrogens is 159 g/mol. The van der Waals surface area contributed by atoms with Crippen molar-refractivity contribution in [3.63, 3.8) is 0 Å². The zero-order valence-electron chi connectivity index (χ0n) is 6.70. The Hall–Kier alpha value is -0.0826. The van der Waals surface area contributed by atoms with Crippen LogP contribution < -0.4 is 18.9 Å². The molecule has 0 N–H and O–H groups in total. The molecule has 1 aromatic rings. The van der Waals surface area contributed by atoms with Crippen LogP contribution in [0.5, 0.6) is 0 Å². The molecule has 0 saturated carbocycles. The van der Waals surface area contributed by atoms with Gasteiger partial charge in [-0.3, -0.25) is 8.89 Å². The maximum atomic E-state index is 10.4. The van der Waals surface area contributed by atoms with E-state index in [1.165, 1.54) is 10.9 Å². The second-order valence-electron chi connectivity index (χ2n) is 1.95. The molecule has 0 radical (unpaired) electrons. The zero-order valence-corrected chi connectivity index (χ0v) is 7.51. The number of aromatic nitrogens is 2. The molecule has 4 nitrogen and oxygen atoms in total. The van der Waals surface area contributed by atoms with Crippen molar-refractivity contribution in [2.45, 2.75) is 11.8 Å². The summed E-state index contributed by atoms with van der Waals surface area (Å²) in [5.74, 6) is 0. The van der Waals surface area contributed by atoms with Crippen LogP contribution in [-0.4, -0.2) is 18.5 Å². The third kappa shape index (κ3) is 2.17. The minimum Gasteiger partial charge on any atom is -0.768 e. The van der Waals surface area contributed by atoms with E-state index in [1.807, 2.05) is 0 Å². The number of rotatable bonds is 1. The third-order valence-corrected chi connectivity index (χ3v) is 2.13. The van der Waals surface area contributed by atoms with Gasteiger partial charge in [-0.15, -0.1) is 0 Å². The molecule has 6 heteroatoms. The van der Waals surface area contributed by atoms with Gasteiger partial charge in [0.25, 0.3) is 0 Å². The Morgan fingerprint density at radius 3 is 2.45 bits per heavy atom. The quantitative estimate of drug-likeness (QED) is 0.329. The summed E-state index contributed by atoms with van der Waals surface area (Å²) < 4.78 is 22.3. The molecular formula is C5H7LiN2O2S. The van der Waals surface area contributed by atoms with Crippen molar-refractivity contribution in [2.24, 2.45) is 7.05 Å². The average molecular weight is 166 g/mol. The fourth-order valence-corrected chi connectivity index (χ4v) is 1.15. The maximum Gasteiger partial charge on any atom is 1.00 e.